The van der Waals surface area contributed by atoms with E-state index in [1.54, 1.807) is 28.8 Å². The Morgan fingerprint density at radius 2 is 1.96 bits per heavy atom. The summed E-state index contributed by atoms with van der Waals surface area (Å²) in [6.07, 6.45) is 0. The highest BCUT2D eigenvalue weighted by Crippen LogP contribution is 2.21. The van der Waals surface area contributed by atoms with Crippen molar-refractivity contribution in [3.63, 3.8) is 0 Å². The second kappa shape index (κ2) is 5.76. The van der Waals surface area contributed by atoms with Gasteiger partial charge in [0, 0.05) is 23.4 Å². The molecule has 23 heavy (non-hydrogen) atoms. The van der Waals surface area contributed by atoms with Gasteiger partial charge in [0.15, 0.2) is 5.58 Å². The van der Waals surface area contributed by atoms with Gasteiger partial charge in [-0.25, -0.2) is 4.79 Å². The number of rotatable bonds is 3. The zero-order chi connectivity index (χ0) is 16.6. The molecule has 0 bridgehead atoms. The number of nitrogens with one attached hydrogen (secondary N) is 1. The number of hydrogen-bond donors (Lipinski definition) is 1. The summed E-state index contributed by atoms with van der Waals surface area (Å²) in [7, 11) is 0. The normalized spacial score (nSPS) is 11.1. The average Bonchev–Trinajstić information content (AvgIpc) is 2.82. The van der Waals surface area contributed by atoms with Crippen LogP contribution in [0.4, 0.5) is 5.69 Å². The van der Waals surface area contributed by atoms with E-state index in [-0.39, 0.29) is 11.9 Å². The van der Waals surface area contributed by atoms with E-state index in [0.29, 0.717) is 16.8 Å². The van der Waals surface area contributed by atoms with Crippen molar-refractivity contribution in [3.05, 3.63) is 64.1 Å². The van der Waals surface area contributed by atoms with Gasteiger partial charge in [-0.2, -0.15) is 0 Å². The van der Waals surface area contributed by atoms with E-state index in [1.807, 2.05) is 39.0 Å². The van der Waals surface area contributed by atoms with Crippen LogP contribution in [0.5, 0.6) is 0 Å². The monoisotopic (exact) mass is 310 g/mol. The Morgan fingerprint density at radius 3 is 2.65 bits per heavy atom. The molecule has 0 saturated carbocycles. The molecule has 118 valence electrons. The van der Waals surface area contributed by atoms with Crippen molar-refractivity contribution >= 4 is 22.7 Å². The van der Waals surface area contributed by atoms with Gasteiger partial charge < -0.3 is 9.73 Å². The fourth-order valence-corrected chi connectivity index (χ4v) is 2.59. The van der Waals surface area contributed by atoms with Crippen LogP contribution in [0.3, 0.4) is 0 Å². The highest BCUT2D eigenvalue weighted by atomic mass is 16.4. The molecule has 0 saturated heterocycles. The molecule has 0 aliphatic heterocycles. The lowest BCUT2D eigenvalue weighted by Crippen LogP contribution is -2.15. The highest BCUT2D eigenvalue weighted by molar-refractivity contribution is 6.05. The minimum atomic E-state index is -0.392. The van der Waals surface area contributed by atoms with Crippen molar-refractivity contribution in [3.8, 4) is 0 Å². The van der Waals surface area contributed by atoms with E-state index in [1.165, 1.54) is 0 Å². The van der Waals surface area contributed by atoms with E-state index >= 15 is 0 Å². The molecule has 2 aromatic carbocycles. The van der Waals surface area contributed by atoms with Crippen LogP contribution in [0.1, 0.15) is 35.8 Å². The van der Waals surface area contributed by atoms with Gasteiger partial charge in [-0.05, 0) is 45.0 Å². The van der Waals surface area contributed by atoms with Crippen molar-refractivity contribution < 1.29 is 9.21 Å². The molecule has 5 nitrogen and oxygen atoms in total. The minimum Gasteiger partial charge on any atom is -0.408 e. The molecule has 3 aromatic rings. The summed E-state index contributed by atoms with van der Waals surface area (Å²) in [5, 5.41) is 2.83. The summed E-state index contributed by atoms with van der Waals surface area (Å²) in [6.45, 7) is 5.78. The summed E-state index contributed by atoms with van der Waals surface area (Å²) in [4.78, 5) is 24.2. The topological polar surface area (TPSA) is 64.2 Å². The summed E-state index contributed by atoms with van der Waals surface area (Å²) in [6, 6.07) is 12.6. The third-order valence-corrected chi connectivity index (χ3v) is 3.67. The zero-order valence-electron chi connectivity index (χ0n) is 13.3. The number of hydrogen-bond acceptors (Lipinski definition) is 3. The van der Waals surface area contributed by atoms with Crippen LogP contribution in [0.25, 0.3) is 11.1 Å². The Kier molecular flexibility index (Phi) is 3.78. The second-order valence-electron chi connectivity index (χ2n) is 5.84. The number of oxazole rings is 1. The number of carbonyl (C=O) groups excluding carboxylic acids is 1. The smallest absolute Gasteiger partial charge is 0.408 e. The first kappa shape index (κ1) is 15.1. The second-order valence-corrected chi connectivity index (χ2v) is 5.84. The highest BCUT2D eigenvalue weighted by Gasteiger charge is 2.13. The van der Waals surface area contributed by atoms with Gasteiger partial charge in [0.05, 0.1) is 5.52 Å². The van der Waals surface area contributed by atoms with Crippen LogP contribution in [-0.4, -0.2) is 10.5 Å². The maximum absolute atomic E-state index is 12.3. The number of anilines is 1. The predicted octanol–water partition coefficient (Wildman–Crippen LogP) is 3.74. The third kappa shape index (κ3) is 2.90. The van der Waals surface area contributed by atoms with E-state index in [4.69, 9.17) is 4.42 Å². The standard InChI is InChI=1S/C18H18N2O3/c1-11(2)20-15-8-7-14(10-16(15)23-18(20)22)19-17(21)13-6-4-5-12(3)9-13/h4-11H,1-3H3,(H,19,21). The molecule has 0 atom stereocenters. The largest absolute Gasteiger partial charge is 0.420 e. The van der Waals surface area contributed by atoms with Crippen molar-refractivity contribution in [1.82, 2.24) is 4.57 Å². The van der Waals surface area contributed by atoms with Gasteiger partial charge in [0.2, 0.25) is 0 Å². The quantitative estimate of drug-likeness (QED) is 0.801. The Hall–Kier alpha value is -2.82. The lowest BCUT2D eigenvalue weighted by Gasteiger charge is -2.07. The number of aryl methyl sites for hydroxylation is 1. The first-order valence-electron chi connectivity index (χ1n) is 7.49. The lowest BCUT2D eigenvalue weighted by atomic mass is 10.1. The van der Waals surface area contributed by atoms with Crippen LogP contribution < -0.4 is 11.1 Å². The summed E-state index contributed by atoms with van der Waals surface area (Å²) < 4.78 is 6.85. The summed E-state index contributed by atoms with van der Waals surface area (Å²) in [5.74, 6) is -0.587. The van der Waals surface area contributed by atoms with Gasteiger partial charge in [-0.3, -0.25) is 9.36 Å². The van der Waals surface area contributed by atoms with Crippen LogP contribution in [-0.2, 0) is 0 Å². The number of benzene rings is 2. The van der Waals surface area contributed by atoms with E-state index < -0.39 is 5.76 Å². The molecule has 0 aliphatic carbocycles. The molecule has 1 amide bonds. The first-order chi connectivity index (χ1) is 11.0. The summed E-state index contributed by atoms with van der Waals surface area (Å²) >= 11 is 0. The predicted molar refractivity (Wildman–Crippen MR) is 90.0 cm³/mol. The van der Waals surface area contributed by atoms with Crippen molar-refractivity contribution in [2.24, 2.45) is 0 Å². The van der Waals surface area contributed by atoms with E-state index in [2.05, 4.69) is 5.32 Å². The van der Waals surface area contributed by atoms with Gasteiger partial charge in [0.25, 0.3) is 5.91 Å². The van der Waals surface area contributed by atoms with E-state index in [0.717, 1.165) is 11.1 Å². The number of aromatic nitrogens is 1. The molecule has 0 spiro atoms. The minimum absolute atomic E-state index is 0.0106. The maximum atomic E-state index is 12.3. The molecule has 5 heteroatoms. The fourth-order valence-electron chi connectivity index (χ4n) is 2.59. The molecule has 1 aromatic heterocycles. The molecular formula is C18H18N2O3. The van der Waals surface area contributed by atoms with Crippen molar-refractivity contribution in [2.75, 3.05) is 5.32 Å². The summed E-state index contributed by atoms with van der Waals surface area (Å²) in [5.41, 5.74) is 3.39. The number of fused-ring (bicyclic) bond motifs is 1. The Bertz CT molecular complexity index is 935. The van der Waals surface area contributed by atoms with Crippen molar-refractivity contribution in [2.45, 2.75) is 26.8 Å². The zero-order valence-corrected chi connectivity index (χ0v) is 13.3. The van der Waals surface area contributed by atoms with E-state index in [9.17, 15) is 9.59 Å². The van der Waals surface area contributed by atoms with Crippen LogP contribution in [0.15, 0.2) is 51.7 Å². The third-order valence-electron chi connectivity index (χ3n) is 3.67. The molecule has 1 N–H and O–H groups in total. The first-order valence-corrected chi connectivity index (χ1v) is 7.49. The molecule has 0 radical (unpaired) electrons. The SMILES string of the molecule is Cc1cccc(C(=O)Nc2ccc3c(c2)oc(=O)n3C(C)C)c1. The number of carbonyl (C=O) groups is 1. The molecule has 0 aliphatic rings. The molecule has 1 heterocycles. The van der Waals surface area contributed by atoms with Gasteiger partial charge in [-0.15, -0.1) is 0 Å². The van der Waals surface area contributed by atoms with Crippen LogP contribution >= 0.6 is 0 Å². The maximum Gasteiger partial charge on any atom is 0.420 e. The van der Waals surface area contributed by atoms with Crippen molar-refractivity contribution in [1.29, 1.82) is 0 Å². The van der Waals surface area contributed by atoms with Gasteiger partial charge in [0.1, 0.15) is 0 Å². The Balaban J connectivity index is 1.92. The van der Waals surface area contributed by atoms with Gasteiger partial charge in [-0.1, -0.05) is 17.7 Å². The van der Waals surface area contributed by atoms with Gasteiger partial charge >= 0.3 is 5.76 Å². The molecule has 3 rings (SSSR count). The molecular weight excluding hydrogens is 292 g/mol. The Labute approximate surface area is 133 Å². The Morgan fingerprint density at radius 1 is 1.17 bits per heavy atom. The molecule has 0 fully saturated rings. The van der Waals surface area contributed by atoms with Crippen LogP contribution in [0, 0.1) is 6.92 Å². The number of nitrogens with zero attached hydrogens (tertiary/aromatic N) is 1. The van der Waals surface area contributed by atoms with Crippen LogP contribution in [0.2, 0.25) is 0 Å². The lowest BCUT2D eigenvalue weighted by molar-refractivity contribution is 0.102. The molecule has 0 unspecified atom stereocenters. The fraction of sp³-hybridized carbons (Fsp3) is 0.222. The number of amides is 1. The average molecular weight is 310 g/mol.